The Morgan fingerprint density at radius 1 is 1.05 bits per heavy atom. The minimum atomic E-state index is -0.252. The van der Waals surface area contributed by atoms with Gasteiger partial charge in [-0.25, -0.2) is 0 Å². The molecule has 1 aromatic carbocycles. The summed E-state index contributed by atoms with van der Waals surface area (Å²) in [4.78, 5) is 34.5. The molecule has 0 saturated heterocycles. The van der Waals surface area contributed by atoms with Gasteiger partial charge in [0.05, 0.1) is 0 Å². The van der Waals surface area contributed by atoms with Gasteiger partial charge in [0, 0.05) is 24.4 Å². The highest BCUT2D eigenvalue weighted by atomic mass is 16.2. The molecule has 0 unspecified atom stereocenters. The van der Waals surface area contributed by atoms with Crippen LogP contribution in [0.25, 0.3) is 0 Å². The van der Waals surface area contributed by atoms with Crippen LogP contribution in [0.4, 0.5) is 0 Å². The van der Waals surface area contributed by atoms with E-state index in [4.69, 9.17) is 0 Å². The largest absolute Gasteiger partial charge is 0.352 e. The van der Waals surface area contributed by atoms with Crippen molar-refractivity contribution in [3.63, 3.8) is 0 Å². The first-order valence-corrected chi connectivity index (χ1v) is 7.09. The van der Waals surface area contributed by atoms with Crippen LogP contribution in [-0.4, -0.2) is 24.3 Å². The lowest BCUT2D eigenvalue weighted by molar-refractivity contribution is -0.129. The van der Waals surface area contributed by atoms with Crippen molar-refractivity contribution in [1.82, 2.24) is 16.2 Å². The first-order valence-electron chi connectivity index (χ1n) is 7.09. The molecule has 3 N–H and O–H groups in total. The lowest BCUT2D eigenvalue weighted by Crippen LogP contribution is -2.42. The number of hydrogen-bond acceptors (Lipinski definition) is 3. The second kappa shape index (κ2) is 7.42. The molecule has 6 heteroatoms. The van der Waals surface area contributed by atoms with Crippen LogP contribution in [0.3, 0.4) is 0 Å². The van der Waals surface area contributed by atoms with Gasteiger partial charge >= 0.3 is 0 Å². The average molecular weight is 289 g/mol. The van der Waals surface area contributed by atoms with Gasteiger partial charge in [-0.2, -0.15) is 0 Å². The van der Waals surface area contributed by atoms with Gasteiger partial charge in [0.1, 0.15) is 0 Å². The minimum Gasteiger partial charge on any atom is -0.352 e. The van der Waals surface area contributed by atoms with Crippen LogP contribution in [0, 0.1) is 5.92 Å². The molecule has 3 amide bonds. The summed E-state index contributed by atoms with van der Waals surface area (Å²) in [6.45, 7) is 0.414. The molecule has 21 heavy (non-hydrogen) atoms. The van der Waals surface area contributed by atoms with Gasteiger partial charge in [0.25, 0.3) is 5.91 Å². The Labute approximate surface area is 123 Å². The monoisotopic (exact) mass is 289 g/mol. The van der Waals surface area contributed by atoms with Crippen molar-refractivity contribution < 1.29 is 14.4 Å². The van der Waals surface area contributed by atoms with Crippen LogP contribution < -0.4 is 16.2 Å². The highest BCUT2D eigenvalue weighted by Crippen LogP contribution is 2.28. The van der Waals surface area contributed by atoms with Crippen molar-refractivity contribution in [2.24, 2.45) is 5.92 Å². The zero-order valence-corrected chi connectivity index (χ0v) is 11.7. The summed E-state index contributed by atoms with van der Waals surface area (Å²) >= 11 is 0. The maximum Gasteiger partial charge on any atom is 0.251 e. The SMILES string of the molecule is O=C(CCCNC(=O)c1ccccc1)NNC(=O)C1CC1. The predicted molar refractivity (Wildman–Crippen MR) is 77.0 cm³/mol. The third-order valence-corrected chi connectivity index (χ3v) is 3.18. The van der Waals surface area contributed by atoms with E-state index >= 15 is 0 Å². The molecule has 0 aromatic heterocycles. The quantitative estimate of drug-likeness (QED) is 0.533. The number of carbonyl (C=O) groups excluding carboxylic acids is 3. The molecule has 1 saturated carbocycles. The smallest absolute Gasteiger partial charge is 0.251 e. The summed E-state index contributed by atoms with van der Waals surface area (Å²) in [5.74, 6) is -0.466. The molecule has 1 aromatic rings. The first-order chi connectivity index (χ1) is 10.2. The van der Waals surface area contributed by atoms with Crippen molar-refractivity contribution in [2.45, 2.75) is 25.7 Å². The Kier molecular flexibility index (Phi) is 5.31. The number of nitrogens with one attached hydrogen (secondary N) is 3. The third kappa shape index (κ3) is 5.25. The van der Waals surface area contributed by atoms with Gasteiger partial charge in [-0.3, -0.25) is 25.2 Å². The fourth-order valence-electron chi connectivity index (χ4n) is 1.78. The molecular formula is C15H19N3O3. The van der Waals surface area contributed by atoms with Gasteiger partial charge in [0.15, 0.2) is 0 Å². The standard InChI is InChI=1S/C15H19N3O3/c19-13(17-18-15(21)12-8-9-12)7-4-10-16-14(20)11-5-2-1-3-6-11/h1-3,5-6,12H,4,7-10H2,(H,16,20)(H,17,19)(H,18,21). The second-order valence-corrected chi connectivity index (χ2v) is 5.04. The van der Waals surface area contributed by atoms with E-state index in [1.165, 1.54) is 0 Å². The van der Waals surface area contributed by atoms with Gasteiger partial charge in [0.2, 0.25) is 11.8 Å². The van der Waals surface area contributed by atoms with E-state index in [1.807, 2.05) is 6.07 Å². The van der Waals surface area contributed by atoms with E-state index in [9.17, 15) is 14.4 Å². The number of benzene rings is 1. The Hall–Kier alpha value is -2.37. The lowest BCUT2D eigenvalue weighted by atomic mass is 10.2. The van der Waals surface area contributed by atoms with E-state index in [0.717, 1.165) is 12.8 Å². The highest BCUT2D eigenvalue weighted by Gasteiger charge is 2.29. The average Bonchev–Trinajstić information content (AvgIpc) is 3.34. The summed E-state index contributed by atoms with van der Waals surface area (Å²) in [6.07, 6.45) is 2.56. The summed E-state index contributed by atoms with van der Waals surface area (Å²) < 4.78 is 0. The lowest BCUT2D eigenvalue weighted by Gasteiger charge is -2.07. The van der Waals surface area contributed by atoms with Crippen molar-refractivity contribution >= 4 is 17.7 Å². The summed E-state index contributed by atoms with van der Waals surface area (Å²) in [5, 5.41) is 2.74. The van der Waals surface area contributed by atoms with E-state index in [2.05, 4.69) is 16.2 Å². The van der Waals surface area contributed by atoms with Crippen molar-refractivity contribution in [2.75, 3.05) is 6.54 Å². The second-order valence-electron chi connectivity index (χ2n) is 5.04. The zero-order chi connectivity index (χ0) is 15.1. The topological polar surface area (TPSA) is 87.3 Å². The number of rotatable bonds is 6. The Morgan fingerprint density at radius 3 is 2.43 bits per heavy atom. The molecule has 1 fully saturated rings. The first kappa shape index (κ1) is 15.0. The Bertz CT molecular complexity index is 512. The van der Waals surface area contributed by atoms with Crippen molar-refractivity contribution in [3.8, 4) is 0 Å². The van der Waals surface area contributed by atoms with Crippen LogP contribution in [0.5, 0.6) is 0 Å². The fourth-order valence-corrected chi connectivity index (χ4v) is 1.78. The van der Waals surface area contributed by atoms with Crippen LogP contribution in [-0.2, 0) is 9.59 Å². The molecule has 6 nitrogen and oxygen atoms in total. The van der Waals surface area contributed by atoms with Crippen molar-refractivity contribution in [1.29, 1.82) is 0 Å². The highest BCUT2D eigenvalue weighted by molar-refractivity contribution is 5.94. The maximum atomic E-state index is 11.7. The van der Waals surface area contributed by atoms with E-state index in [-0.39, 0.29) is 30.1 Å². The normalized spacial score (nSPS) is 13.3. The van der Waals surface area contributed by atoms with E-state index in [1.54, 1.807) is 24.3 Å². The molecule has 2 rings (SSSR count). The predicted octanol–water partition coefficient (Wildman–Crippen LogP) is 0.754. The summed E-state index contributed by atoms with van der Waals surface area (Å²) in [6, 6.07) is 8.90. The molecule has 1 aliphatic rings. The van der Waals surface area contributed by atoms with Gasteiger partial charge < -0.3 is 5.32 Å². The van der Waals surface area contributed by atoms with Crippen LogP contribution in [0.2, 0.25) is 0 Å². The molecule has 0 spiro atoms. The number of carbonyl (C=O) groups is 3. The minimum absolute atomic E-state index is 0.0652. The molecule has 1 aliphatic carbocycles. The third-order valence-electron chi connectivity index (χ3n) is 3.18. The molecule has 0 bridgehead atoms. The fraction of sp³-hybridized carbons (Fsp3) is 0.400. The molecule has 0 atom stereocenters. The van der Waals surface area contributed by atoms with Crippen molar-refractivity contribution in [3.05, 3.63) is 35.9 Å². The number of hydrazine groups is 1. The van der Waals surface area contributed by atoms with Gasteiger partial charge in [-0.15, -0.1) is 0 Å². The molecular weight excluding hydrogens is 270 g/mol. The molecule has 0 aliphatic heterocycles. The van der Waals surface area contributed by atoms with Crippen LogP contribution >= 0.6 is 0 Å². The molecule has 112 valence electrons. The summed E-state index contributed by atoms with van der Waals surface area (Å²) in [7, 11) is 0. The Balaban J connectivity index is 1.55. The van der Waals surface area contributed by atoms with E-state index in [0.29, 0.717) is 18.5 Å². The molecule has 0 heterocycles. The van der Waals surface area contributed by atoms with Crippen LogP contribution in [0.15, 0.2) is 30.3 Å². The summed E-state index contributed by atoms with van der Waals surface area (Å²) in [5.41, 5.74) is 5.36. The molecule has 0 radical (unpaired) electrons. The maximum absolute atomic E-state index is 11.7. The van der Waals surface area contributed by atoms with Gasteiger partial charge in [-0.05, 0) is 31.4 Å². The van der Waals surface area contributed by atoms with E-state index < -0.39 is 0 Å². The number of hydrogen-bond donors (Lipinski definition) is 3. The van der Waals surface area contributed by atoms with Crippen LogP contribution in [0.1, 0.15) is 36.0 Å². The van der Waals surface area contributed by atoms with Gasteiger partial charge in [-0.1, -0.05) is 18.2 Å². The Morgan fingerprint density at radius 2 is 1.76 bits per heavy atom. The number of amides is 3. The zero-order valence-electron chi connectivity index (χ0n) is 11.7.